The Balaban J connectivity index is 1.99. The largest absolute Gasteiger partial charge is 0.392 e. The first-order valence-corrected chi connectivity index (χ1v) is 7.78. The minimum Gasteiger partial charge on any atom is -0.392 e. The lowest BCUT2D eigenvalue weighted by molar-refractivity contribution is 0.106. The van der Waals surface area contributed by atoms with Crippen LogP contribution in [0.3, 0.4) is 0 Å². The lowest BCUT2D eigenvalue weighted by Crippen LogP contribution is -2.48. The average molecular weight is 338 g/mol. The van der Waals surface area contributed by atoms with Crippen LogP contribution in [-0.2, 0) is 0 Å². The van der Waals surface area contributed by atoms with E-state index in [-0.39, 0.29) is 6.10 Å². The van der Waals surface area contributed by atoms with Gasteiger partial charge in [-0.25, -0.2) is 0 Å². The summed E-state index contributed by atoms with van der Waals surface area (Å²) >= 11 is 3.40. The smallest absolute Gasteiger partial charge is 0.101 e. The second-order valence-electron chi connectivity index (χ2n) is 5.12. The molecule has 1 fully saturated rings. The fourth-order valence-electron chi connectivity index (χ4n) is 2.47. The third kappa shape index (κ3) is 3.72. The van der Waals surface area contributed by atoms with Crippen LogP contribution in [0.5, 0.6) is 0 Å². The molecule has 0 aliphatic carbocycles. The van der Waals surface area contributed by atoms with Crippen LogP contribution in [0.15, 0.2) is 22.7 Å². The van der Waals surface area contributed by atoms with Crippen molar-refractivity contribution in [3.63, 3.8) is 0 Å². The van der Waals surface area contributed by atoms with E-state index < -0.39 is 0 Å². The fourth-order valence-corrected chi connectivity index (χ4v) is 2.83. The first kappa shape index (κ1) is 15.3. The molecule has 1 unspecified atom stereocenters. The van der Waals surface area contributed by atoms with Crippen molar-refractivity contribution in [2.75, 3.05) is 37.6 Å². The number of rotatable bonds is 4. The normalized spacial score (nSPS) is 17.8. The van der Waals surface area contributed by atoms with Crippen molar-refractivity contribution >= 4 is 21.6 Å². The summed E-state index contributed by atoms with van der Waals surface area (Å²) in [4.78, 5) is 4.54. The van der Waals surface area contributed by atoms with Crippen LogP contribution in [0.4, 0.5) is 5.69 Å². The summed E-state index contributed by atoms with van der Waals surface area (Å²) in [5.74, 6) is 0. The van der Waals surface area contributed by atoms with Gasteiger partial charge >= 0.3 is 0 Å². The molecule has 1 saturated heterocycles. The van der Waals surface area contributed by atoms with E-state index in [1.807, 2.05) is 25.1 Å². The van der Waals surface area contributed by atoms with Crippen molar-refractivity contribution in [2.24, 2.45) is 0 Å². The number of hydrogen-bond acceptors (Lipinski definition) is 4. The number of β-amino-alcohol motifs (C(OH)–C–C–N with tert-alkyl or cyclic N) is 1. The van der Waals surface area contributed by atoms with Gasteiger partial charge in [-0.3, -0.25) is 4.90 Å². The molecule has 2 rings (SSSR count). The quantitative estimate of drug-likeness (QED) is 0.915. The molecule has 0 saturated carbocycles. The molecule has 0 amide bonds. The minimum atomic E-state index is -0.232. The van der Waals surface area contributed by atoms with Crippen LogP contribution < -0.4 is 4.90 Å². The molecule has 1 heterocycles. The molecule has 0 bridgehead atoms. The van der Waals surface area contributed by atoms with Gasteiger partial charge in [0.2, 0.25) is 0 Å². The molecule has 4 nitrogen and oxygen atoms in total. The Morgan fingerprint density at radius 2 is 2.05 bits per heavy atom. The van der Waals surface area contributed by atoms with Gasteiger partial charge in [-0.2, -0.15) is 5.26 Å². The monoisotopic (exact) mass is 337 g/mol. The van der Waals surface area contributed by atoms with E-state index >= 15 is 0 Å². The molecule has 108 valence electrons. The molecule has 1 aromatic carbocycles. The Kier molecular flexibility index (Phi) is 5.41. The third-order valence-electron chi connectivity index (χ3n) is 3.73. The Labute approximate surface area is 128 Å². The van der Waals surface area contributed by atoms with E-state index in [1.165, 1.54) is 0 Å². The zero-order chi connectivity index (χ0) is 14.5. The van der Waals surface area contributed by atoms with Crippen LogP contribution in [0.2, 0.25) is 0 Å². The summed E-state index contributed by atoms with van der Waals surface area (Å²) in [6, 6.07) is 8.10. The molecule has 20 heavy (non-hydrogen) atoms. The summed E-state index contributed by atoms with van der Waals surface area (Å²) in [6.07, 6.45) is 0.565. The van der Waals surface area contributed by atoms with E-state index in [0.717, 1.165) is 49.3 Å². The minimum absolute atomic E-state index is 0.232. The number of hydrogen-bond donors (Lipinski definition) is 1. The van der Waals surface area contributed by atoms with Crippen molar-refractivity contribution in [3.05, 3.63) is 28.2 Å². The van der Waals surface area contributed by atoms with Gasteiger partial charge in [-0.1, -0.05) is 22.9 Å². The van der Waals surface area contributed by atoms with Crippen molar-refractivity contribution in [1.82, 2.24) is 4.90 Å². The van der Waals surface area contributed by atoms with Crippen molar-refractivity contribution in [2.45, 2.75) is 19.4 Å². The molecule has 1 aliphatic rings. The van der Waals surface area contributed by atoms with Gasteiger partial charge in [0.05, 0.1) is 17.4 Å². The number of nitrogens with zero attached hydrogens (tertiary/aromatic N) is 3. The van der Waals surface area contributed by atoms with Crippen LogP contribution in [0.25, 0.3) is 0 Å². The van der Waals surface area contributed by atoms with E-state index in [9.17, 15) is 10.4 Å². The molecule has 1 aromatic rings. The maximum Gasteiger partial charge on any atom is 0.101 e. The molecule has 0 radical (unpaired) electrons. The number of nitriles is 1. The molecule has 5 heteroatoms. The van der Waals surface area contributed by atoms with Gasteiger partial charge in [0.1, 0.15) is 6.07 Å². The van der Waals surface area contributed by atoms with Gasteiger partial charge < -0.3 is 10.0 Å². The highest BCUT2D eigenvalue weighted by atomic mass is 79.9. The number of benzene rings is 1. The van der Waals surface area contributed by atoms with E-state index in [0.29, 0.717) is 5.56 Å². The van der Waals surface area contributed by atoms with Gasteiger partial charge in [-0.05, 0) is 24.6 Å². The molecule has 1 aliphatic heterocycles. The topological polar surface area (TPSA) is 50.5 Å². The summed E-state index contributed by atoms with van der Waals surface area (Å²) in [7, 11) is 0. The highest BCUT2D eigenvalue weighted by Gasteiger charge is 2.20. The fraction of sp³-hybridized carbons (Fsp3) is 0.533. The summed E-state index contributed by atoms with van der Waals surface area (Å²) in [6.45, 7) is 6.40. The standard InChI is InChI=1S/C15H20BrN3O/c1-2-14(20)11-18-5-7-19(8-6-18)15-4-3-13(16)9-12(15)10-17/h3-4,9,14,20H,2,5-8,11H2,1H3. The Bertz CT molecular complexity index is 492. The summed E-state index contributed by atoms with van der Waals surface area (Å²) < 4.78 is 0.933. The Hall–Kier alpha value is -1.09. The van der Waals surface area contributed by atoms with Gasteiger partial charge in [0.25, 0.3) is 0 Å². The number of aliphatic hydroxyl groups excluding tert-OH is 1. The molecule has 1 N–H and O–H groups in total. The van der Waals surface area contributed by atoms with E-state index in [2.05, 4.69) is 31.8 Å². The lowest BCUT2D eigenvalue weighted by atomic mass is 10.1. The highest BCUT2D eigenvalue weighted by molar-refractivity contribution is 9.10. The van der Waals surface area contributed by atoms with Crippen LogP contribution in [0, 0.1) is 11.3 Å². The van der Waals surface area contributed by atoms with Crippen molar-refractivity contribution in [3.8, 4) is 6.07 Å². The number of halogens is 1. The maximum absolute atomic E-state index is 9.70. The molecule has 0 spiro atoms. The molecule has 1 atom stereocenters. The first-order valence-electron chi connectivity index (χ1n) is 6.99. The number of aliphatic hydroxyl groups is 1. The number of piperazine rings is 1. The zero-order valence-corrected chi connectivity index (χ0v) is 13.3. The predicted molar refractivity (Wildman–Crippen MR) is 83.8 cm³/mol. The highest BCUT2D eigenvalue weighted by Crippen LogP contribution is 2.25. The molecular formula is C15H20BrN3O. The molecular weight excluding hydrogens is 318 g/mol. The average Bonchev–Trinajstić information content (AvgIpc) is 2.48. The second kappa shape index (κ2) is 7.07. The predicted octanol–water partition coefficient (Wildman–Crippen LogP) is 2.21. The second-order valence-corrected chi connectivity index (χ2v) is 6.04. The summed E-state index contributed by atoms with van der Waals surface area (Å²) in [5.41, 5.74) is 1.72. The van der Waals surface area contributed by atoms with Gasteiger partial charge in [0, 0.05) is 37.2 Å². The van der Waals surface area contributed by atoms with E-state index in [4.69, 9.17) is 0 Å². The van der Waals surface area contributed by atoms with Crippen LogP contribution >= 0.6 is 15.9 Å². The van der Waals surface area contributed by atoms with Crippen molar-refractivity contribution < 1.29 is 5.11 Å². The lowest BCUT2D eigenvalue weighted by Gasteiger charge is -2.37. The number of anilines is 1. The SMILES string of the molecule is CCC(O)CN1CCN(c2ccc(Br)cc2C#N)CC1. The van der Waals surface area contributed by atoms with Crippen LogP contribution in [0.1, 0.15) is 18.9 Å². The zero-order valence-electron chi connectivity index (χ0n) is 11.7. The van der Waals surface area contributed by atoms with E-state index in [1.54, 1.807) is 0 Å². The molecule has 0 aromatic heterocycles. The van der Waals surface area contributed by atoms with Gasteiger partial charge in [-0.15, -0.1) is 0 Å². The Morgan fingerprint density at radius 1 is 1.35 bits per heavy atom. The first-order chi connectivity index (χ1) is 9.63. The Morgan fingerprint density at radius 3 is 2.65 bits per heavy atom. The third-order valence-corrected chi connectivity index (χ3v) is 4.23. The van der Waals surface area contributed by atoms with Gasteiger partial charge in [0.15, 0.2) is 0 Å². The van der Waals surface area contributed by atoms with Crippen LogP contribution in [-0.4, -0.2) is 48.8 Å². The maximum atomic E-state index is 9.70. The van der Waals surface area contributed by atoms with Crippen molar-refractivity contribution in [1.29, 1.82) is 5.26 Å². The summed E-state index contributed by atoms with van der Waals surface area (Å²) in [5, 5.41) is 18.9.